The maximum Gasteiger partial charge on any atom is 0.334 e. The molecule has 11 heavy (non-hydrogen) atoms. The molecule has 2 amide bonds. The molecule has 2 N–H and O–H groups in total. The van der Waals surface area contributed by atoms with Crippen molar-refractivity contribution in [3.05, 3.63) is 0 Å². The van der Waals surface area contributed by atoms with Crippen molar-refractivity contribution in [2.45, 2.75) is 6.92 Å². The molecule has 0 fully saturated rings. The maximum absolute atomic E-state index is 10.4. The predicted molar refractivity (Wildman–Crippen MR) is 42.3 cm³/mol. The first-order valence-electron chi connectivity index (χ1n) is 3.14. The Bertz CT molecular complexity index is 167. The van der Waals surface area contributed by atoms with Crippen LogP contribution in [0.3, 0.4) is 0 Å². The van der Waals surface area contributed by atoms with Crippen molar-refractivity contribution in [2.75, 3.05) is 20.8 Å². The van der Waals surface area contributed by atoms with E-state index in [1.807, 2.05) is 0 Å². The Morgan fingerprint density at radius 1 is 1.73 bits per heavy atom. The number of primary amides is 1. The number of nitrogens with two attached hydrogens (primary N) is 1. The van der Waals surface area contributed by atoms with Crippen LogP contribution in [0.25, 0.3) is 0 Å². The number of amides is 2. The number of urea groups is 1. The minimum Gasteiger partial charge on any atom is -0.379 e. The Morgan fingerprint density at radius 3 is 2.64 bits per heavy atom. The summed E-state index contributed by atoms with van der Waals surface area (Å²) in [5.41, 5.74) is 5.62. The monoisotopic (exact) mass is 159 g/mol. The van der Waals surface area contributed by atoms with E-state index in [0.717, 1.165) is 5.01 Å². The van der Waals surface area contributed by atoms with Gasteiger partial charge in [0.15, 0.2) is 0 Å². The normalized spacial score (nSPS) is 11.4. The van der Waals surface area contributed by atoms with Crippen molar-refractivity contribution in [1.82, 2.24) is 5.01 Å². The predicted octanol–water partition coefficient (Wildman–Crippen LogP) is 0.0192. The van der Waals surface area contributed by atoms with E-state index in [1.54, 1.807) is 14.0 Å². The first-order chi connectivity index (χ1) is 5.07. The molecule has 0 aromatic rings. The zero-order valence-electron chi connectivity index (χ0n) is 7.00. The van der Waals surface area contributed by atoms with Gasteiger partial charge in [0.2, 0.25) is 0 Å². The summed E-state index contributed by atoms with van der Waals surface area (Å²) in [6.45, 7) is 2.15. The highest BCUT2D eigenvalue weighted by molar-refractivity contribution is 5.84. The van der Waals surface area contributed by atoms with Crippen LogP contribution in [0.4, 0.5) is 4.79 Å². The van der Waals surface area contributed by atoms with Crippen LogP contribution in [0.2, 0.25) is 0 Å². The van der Waals surface area contributed by atoms with Crippen LogP contribution in [-0.4, -0.2) is 37.5 Å². The fourth-order valence-electron chi connectivity index (χ4n) is 0.543. The van der Waals surface area contributed by atoms with Crippen LogP contribution < -0.4 is 5.73 Å². The maximum atomic E-state index is 10.4. The lowest BCUT2D eigenvalue weighted by molar-refractivity contribution is 0.218. The van der Waals surface area contributed by atoms with Gasteiger partial charge in [-0.25, -0.2) is 9.80 Å². The Balaban J connectivity index is 3.96. The molecule has 0 spiro atoms. The summed E-state index contributed by atoms with van der Waals surface area (Å²) in [5.74, 6) is 0. The van der Waals surface area contributed by atoms with Crippen LogP contribution in [0.5, 0.6) is 0 Å². The van der Waals surface area contributed by atoms with Crippen LogP contribution in [-0.2, 0) is 4.74 Å². The van der Waals surface area contributed by atoms with Crippen molar-refractivity contribution >= 4 is 11.7 Å². The molecule has 0 aliphatic carbocycles. The largest absolute Gasteiger partial charge is 0.379 e. The van der Waals surface area contributed by atoms with Crippen molar-refractivity contribution in [1.29, 1.82) is 0 Å². The number of carbonyl (C=O) groups excluding carboxylic acids is 1. The summed E-state index contributed by atoms with van der Waals surface area (Å²) in [6, 6.07) is -0.583. The Morgan fingerprint density at radius 2 is 2.27 bits per heavy atom. The number of carbonyl (C=O) groups is 1. The van der Waals surface area contributed by atoms with Gasteiger partial charge in [0.25, 0.3) is 0 Å². The van der Waals surface area contributed by atoms with Crippen molar-refractivity contribution in [2.24, 2.45) is 10.8 Å². The van der Waals surface area contributed by atoms with E-state index in [4.69, 9.17) is 10.5 Å². The van der Waals surface area contributed by atoms with Gasteiger partial charge in [-0.05, 0) is 6.92 Å². The molecule has 0 saturated carbocycles. The minimum atomic E-state index is -0.583. The summed E-state index contributed by atoms with van der Waals surface area (Å²) in [4.78, 5) is 10.4. The van der Waals surface area contributed by atoms with Gasteiger partial charge >= 0.3 is 6.03 Å². The van der Waals surface area contributed by atoms with Crippen LogP contribution in [0.1, 0.15) is 6.92 Å². The van der Waals surface area contributed by atoms with Gasteiger partial charge in [-0.2, -0.15) is 5.10 Å². The highest BCUT2D eigenvalue weighted by Crippen LogP contribution is 1.85. The first kappa shape index (κ1) is 9.90. The number of ether oxygens (including phenoxy) is 1. The summed E-state index contributed by atoms with van der Waals surface area (Å²) < 4.78 is 4.77. The van der Waals surface area contributed by atoms with Crippen molar-refractivity contribution < 1.29 is 9.53 Å². The molecular formula is C6H13N3O2. The van der Waals surface area contributed by atoms with Gasteiger partial charge in [0.05, 0.1) is 12.3 Å². The number of methoxy groups -OCH3 is 1. The number of hydrazone groups is 1. The highest BCUT2D eigenvalue weighted by Gasteiger charge is 1.99. The molecule has 0 atom stereocenters. The molecule has 0 radical (unpaired) electrons. The molecule has 0 bridgehead atoms. The lowest BCUT2D eigenvalue weighted by atomic mass is 10.5. The SMILES string of the molecule is COC/C(C)=N/N(C)C(N)=O. The number of hydrogen-bond donors (Lipinski definition) is 1. The molecule has 0 rings (SSSR count). The molecule has 5 heteroatoms. The average molecular weight is 159 g/mol. The molecule has 0 unspecified atom stereocenters. The third-order valence-corrected chi connectivity index (χ3v) is 0.993. The topological polar surface area (TPSA) is 67.9 Å². The van der Waals surface area contributed by atoms with E-state index in [2.05, 4.69) is 5.10 Å². The second-order valence-electron chi connectivity index (χ2n) is 2.13. The fourth-order valence-corrected chi connectivity index (χ4v) is 0.543. The van der Waals surface area contributed by atoms with Crippen LogP contribution in [0.15, 0.2) is 5.10 Å². The van der Waals surface area contributed by atoms with Crippen LogP contribution >= 0.6 is 0 Å². The van der Waals surface area contributed by atoms with Crippen molar-refractivity contribution in [3.63, 3.8) is 0 Å². The third kappa shape index (κ3) is 4.32. The Hall–Kier alpha value is -1.10. The first-order valence-corrected chi connectivity index (χ1v) is 3.14. The van der Waals surface area contributed by atoms with Gasteiger partial charge in [0, 0.05) is 14.2 Å². The summed E-state index contributed by atoms with van der Waals surface area (Å²) in [6.07, 6.45) is 0. The number of hydrogen-bond acceptors (Lipinski definition) is 3. The fraction of sp³-hybridized carbons (Fsp3) is 0.667. The van der Waals surface area contributed by atoms with Crippen molar-refractivity contribution in [3.8, 4) is 0 Å². The van der Waals surface area contributed by atoms with Gasteiger partial charge in [-0.15, -0.1) is 0 Å². The Kier molecular flexibility index (Phi) is 4.21. The molecule has 0 aromatic carbocycles. The van der Waals surface area contributed by atoms with E-state index in [1.165, 1.54) is 7.05 Å². The smallest absolute Gasteiger partial charge is 0.334 e. The van der Waals surface area contributed by atoms with E-state index >= 15 is 0 Å². The zero-order chi connectivity index (χ0) is 8.85. The molecule has 0 aliphatic rings. The molecule has 0 saturated heterocycles. The molecule has 64 valence electrons. The number of nitrogens with zero attached hydrogens (tertiary/aromatic N) is 2. The average Bonchev–Trinajstić information content (AvgIpc) is 1.87. The van der Waals surface area contributed by atoms with Gasteiger partial charge in [-0.1, -0.05) is 0 Å². The molecular weight excluding hydrogens is 146 g/mol. The summed E-state index contributed by atoms with van der Waals surface area (Å²) in [7, 11) is 3.05. The van der Waals surface area contributed by atoms with Gasteiger partial charge in [0.1, 0.15) is 0 Å². The van der Waals surface area contributed by atoms with E-state index in [9.17, 15) is 4.79 Å². The standard InChI is InChI=1S/C6H13N3O2/c1-5(4-11-3)8-9(2)6(7)10/h4H2,1-3H3,(H2,7,10)/b8-5+. The molecule has 0 aliphatic heterocycles. The Labute approximate surface area is 65.8 Å². The summed E-state index contributed by atoms with van der Waals surface area (Å²) in [5, 5.41) is 4.88. The zero-order valence-corrected chi connectivity index (χ0v) is 7.00. The number of rotatable bonds is 3. The molecule has 0 aromatic heterocycles. The van der Waals surface area contributed by atoms with Crippen LogP contribution in [0, 0.1) is 0 Å². The lowest BCUT2D eigenvalue weighted by Gasteiger charge is -2.07. The second-order valence-corrected chi connectivity index (χ2v) is 2.13. The third-order valence-electron chi connectivity index (χ3n) is 0.993. The van der Waals surface area contributed by atoms with Gasteiger partial charge in [-0.3, -0.25) is 0 Å². The van der Waals surface area contributed by atoms with Gasteiger partial charge < -0.3 is 10.5 Å². The summed E-state index contributed by atoms with van der Waals surface area (Å²) >= 11 is 0. The minimum absolute atomic E-state index is 0.400. The van der Waals surface area contributed by atoms with E-state index < -0.39 is 6.03 Å². The van der Waals surface area contributed by atoms with E-state index in [-0.39, 0.29) is 0 Å². The quantitative estimate of drug-likeness (QED) is 0.466. The highest BCUT2D eigenvalue weighted by atomic mass is 16.5. The molecule has 0 heterocycles. The molecule has 5 nitrogen and oxygen atoms in total. The second kappa shape index (κ2) is 4.68. The lowest BCUT2D eigenvalue weighted by Crippen LogP contribution is -2.28. The van der Waals surface area contributed by atoms with E-state index in [0.29, 0.717) is 12.3 Å².